The molecule has 0 N–H and O–H groups in total. The zero-order chi connectivity index (χ0) is 20.8. The van der Waals surface area contributed by atoms with Crippen molar-refractivity contribution in [2.45, 2.75) is 23.4 Å². The quantitative estimate of drug-likeness (QED) is 0.532. The van der Waals surface area contributed by atoms with Crippen LogP contribution >= 0.6 is 11.8 Å². The second-order valence-electron chi connectivity index (χ2n) is 6.74. The minimum Gasteiger partial charge on any atom is -0.456 e. The molecule has 0 fully saturated rings. The largest absolute Gasteiger partial charge is 0.456 e. The highest BCUT2D eigenvalue weighted by molar-refractivity contribution is 7.98. The summed E-state index contributed by atoms with van der Waals surface area (Å²) in [5, 5.41) is 0. The van der Waals surface area contributed by atoms with Gasteiger partial charge in [0.05, 0.1) is 16.8 Å². The van der Waals surface area contributed by atoms with E-state index < -0.39 is 23.6 Å². The maximum Gasteiger partial charge on any atom is 0.416 e. The third-order valence-corrected chi connectivity index (χ3v) is 5.81. The van der Waals surface area contributed by atoms with Crippen LogP contribution in [0.4, 0.5) is 18.9 Å². The van der Waals surface area contributed by atoms with Crippen LogP contribution in [0.5, 0.6) is 0 Å². The van der Waals surface area contributed by atoms with Gasteiger partial charge in [-0.15, -0.1) is 11.8 Å². The van der Waals surface area contributed by atoms with E-state index in [1.807, 2.05) is 30.5 Å². The van der Waals surface area contributed by atoms with Crippen molar-refractivity contribution >= 4 is 29.3 Å². The van der Waals surface area contributed by atoms with Gasteiger partial charge in [-0.1, -0.05) is 18.2 Å². The first kappa shape index (κ1) is 19.6. The summed E-state index contributed by atoms with van der Waals surface area (Å²) in [6.07, 6.45) is -2.61. The molecule has 0 saturated heterocycles. The van der Waals surface area contributed by atoms with Crippen LogP contribution in [0.15, 0.2) is 64.7 Å². The molecule has 2 aliphatic rings. The number of carbonyl (C=O) groups is 2. The first-order chi connectivity index (χ1) is 13.8. The molecule has 1 amide bonds. The van der Waals surface area contributed by atoms with Gasteiger partial charge in [-0.3, -0.25) is 9.69 Å². The van der Waals surface area contributed by atoms with E-state index in [0.717, 1.165) is 22.6 Å². The number of carbonyl (C=O) groups excluding carboxylic acids is 2. The van der Waals surface area contributed by atoms with Crippen LogP contribution in [0.25, 0.3) is 0 Å². The lowest BCUT2D eigenvalue weighted by molar-refractivity contribution is -0.138. The Hall–Kier alpha value is -2.74. The third kappa shape index (κ3) is 3.53. The molecule has 2 aromatic carbocycles. The lowest BCUT2D eigenvalue weighted by atomic mass is 9.84. The Morgan fingerprint density at radius 2 is 1.83 bits per heavy atom. The number of alkyl halides is 3. The molecule has 0 saturated carbocycles. The Morgan fingerprint density at radius 1 is 1.10 bits per heavy atom. The van der Waals surface area contributed by atoms with Crippen molar-refractivity contribution in [3.05, 3.63) is 70.9 Å². The molecule has 150 valence electrons. The summed E-state index contributed by atoms with van der Waals surface area (Å²) in [6.45, 7) is -0.143. The Morgan fingerprint density at radius 3 is 2.48 bits per heavy atom. The monoisotopic (exact) mass is 419 g/mol. The normalized spacial score (nSPS) is 19.4. The summed E-state index contributed by atoms with van der Waals surface area (Å²) in [6, 6.07) is 12.1. The highest BCUT2D eigenvalue weighted by Crippen LogP contribution is 2.43. The van der Waals surface area contributed by atoms with E-state index in [0.29, 0.717) is 11.3 Å². The predicted molar refractivity (Wildman–Crippen MR) is 102 cm³/mol. The Bertz CT molecular complexity index is 1010. The van der Waals surface area contributed by atoms with Crippen molar-refractivity contribution < 1.29 is 27.5 Å². The van der Waals surface area contributed by atoms with E-state index >= 15 is 0 Å². The van der Waals surface area contributed by atoms with Gasteiger partial charge in [0.1, 0.15) is 6.61 Å². The second kappa shape index (κ2) is 7.26. The Balaban J connectivity index is 1.78. The lowest BCUT2D eigenvalue weighted by Crippen LogP contribution is -2.37. The van der Waals surface area contributed by atoms with Crippen molar-refractivity contribution in [3.8, 4) is 0 Å². The fourth-order valence-corrected chi connectivity index (χ4v) is 4.10. The zero-order valence-corrected chi connectivity index (χ0v) is 16.1. The number of hydrogen-bond acceptors (Lipinski definition) is 4. The first-order valence-corrected chi connectivity index (χ1v) is 10.1. The van der Waals surface area contributed by atoms with E-state index in [9.17, 15) is 22.8 Å². The van der Waals surface area contributed by atoms with E-state index in [1.54, 1.807) is 11.8 Å². The number of amides is 1. The highest BCUT2D eigenvalue weighted by Gasteiger charge is 2.43. The van der Waals surface area contributed by atoms with E-state index in [-0.39, 0.29) is 24.6 Å². The van der Waals surface area contributed by atoms with E-state index in [4.69, 9.17) is 4.74 Å². The van der Waals surface area contributed by atoms with Crippen molar-refractivity contribution in [1.29, 1.82) is 0 Å². The molecule has 8 heteroatoms. The molecule has 2 aromatic rings. The molecule has 2 heterocycles. The van der Waals surface area contributed by atoms with Crippen LogP contribution in [0, 0.1) is 0 Å². The molecule has 29 heavy (non-hydrogen) atoms. The van der Waals surface area contributed by atoms with Crippen LogP contribution in [0.1, 0.15) is 23.5 Å². The summed E-state index contributed by atoms with van der Waals surface area (Å²) in [7, 11) is 0. The molecular weight excluding hydrogens is 403 g/mol. The summed E-state index contributed by atoms with van der Waals surface area (Å²) >= 11 is 1.57. The number of ether oxygens (including phenoxy) is 1. The fourth-order valence-electron chi connectivity index (χ4n) is 3.70. The van der Waals surface area contributed by atoms with Crippen molar-refractivity contribution in [2.75, 3.05) is 17.8 Å². The van der Waals surface area contributed by atoms with Gasteiger partial charge in [0.2, 0.25) is 5.91 Å². The third-order valence-electron chi connectivity index (χ3n) is 5.07. The number of hydrogen-bond donors (Lipinski definition) is 0. The topological polar surface area (TPSA) is 46.6 Å². The Kier molecular flexibility index (Phi) is 4.90. The summed E-state index contributed by atoms with van der Waals surface area (Å²) in [5.74, 6) is -1.39. The van der Waals surface area contributed by atoms with Gasteiger partial charge in [0.25, 0.3) is 0 Å². The number of nitrogens with zero attached hydrogens (tertiary/aromatic N) is 1. The number of cyclic esters (lactones) is 1. The Labute approximate surface area is 169 Å². The summed E-state index contributed by atoms with van der Waals surface area (Å²) in [5.41, 5.74) is 0.659. The van der Waals surface area contributed by atoms with Crippen LogP contribution in [0.2, 0.25) is 0 Å². The van der Waals surface area contributed by atoms with Crippen LogP contribution in [0.3, 0.4) is 0 Å². The average Bonchev–Trinajstić information content (AvgIpc) is 3.08. The van der Waals surface area contributed by atoms with E-state index in [1.165, 1.54) is 17.0 Å². The molecule has 4 nitrogen and oxygen atoms in total. The molecule has 4 rings (SSSR count). The molecular formula is C21H16F3NO3S. The summed E-state index contributed by atoms with van der Waals surface area (Å²) < 4.78 is 44.5. The molecule has 0 spiro atoms. The smallest absolute Gasteiger partial charge is 0.416 e. The maximum atomic E-state index is 13.1. The second-order valence-corrected chi connectivity index (χ2v) is 7.62. The number of thioether (sulfide) groups is 1. The van der Waals surface area contributed by atoms with Gasteiger partial charge >= 0.3 is 12.1 Å². The molecule has 2 aliphatic heterocycles. The van der Waals surface area contributed by atoms with Gasteiger partial charge in [-0.05, 0) is 42.2 Å². The predicted octanol–water partition coefficient (Wildman–Crippen LogP) is 4.76. The maximum absolute atomic E-state index is 13.1. The van der Waals surface area contributed by atoms with Gasteiger partial charge in [0.15, 0.2) is 0 Å². The standard InChI is InChI=1S/C21H16F3NO3S/c1-29-15-7-5-12(6-8-15)16-10-18(26)25(17-11-28-20(27)19(16)17)14-4-2-3-13(9-14)21(22,23)24/h2-9,16H,10-11H2,1H3. The van der Waals surface area contributed by atoms with Crippen molar-refractivity contribution in [2.24, 2.45) is 0 Å². The van der Waals surface area contributed by atoms with Crippen LogP contribution in [-0.2, 0) is 20.5 Å². The van der Waals surface area contributed by atoms with Crippen molar-refractivity contribution in [3.63, 3.8) is 0 Å². The SMILES string of the molecule is CSc1ccc(C2CC(=O)N(c3cccc(C(F)(F)F)c3)C3=C2C(=O)OC3)cc1. The average molecular weight is 419 g/mol. The number of anilines is 1. The fraction of sp³-hybridized carbons (Fsp3) is 0.238. The van der Waals surface area contributed by atoms with Crippen LogP contribution < -0.4 is 4.90 Å². The number of rotatable bonds is 3. The van der Waals surface area contributed by atoms with Gasteiger partial charge in [-0.2, -0.15) is 13.2 Å². The molecule has 0 aliphatic carbocycles. The van der Waals surface area contributed by atoms with Gasteiger partial charge < -0.3 is 4.74 Å². The number of halogens is 3. The van der Waals surface area contributed by atoms with Crippen molar-refractivity contribution in [1.82, 2.24) is 0 Å². The first-order valence-electron chi connectivity index (χ1n) is 8.84. The molecule has 0 aromatic heterocycles. The van der Waals surface area contributed by atoms with Gasteiger partial charge in [0, 0.05) is 22.9 Å². The molecule has 0 bridgehead atoms. The lowest BCUT2D eigenvalue weighted by Gasteiger charge is -2.32. The highest BCUT2D eigenvalue weighted by atomic mass is 32.2. The molecule has 1 atom stereocenters. The number of esters is 1. The minimum atomic E-state index is -4.53. The van der Waals surface area contributed by atoms with E-state index in [2.05, 4.69) is 0 Å². The number of benzene rings is 2. The van der Waals surface area contributed by atoms with Gasteiger partial charge in [-0.25, -0.2) is 4.79 Å². The summed E-state index contributed by atoms with van der Waals surface area (Å²) in [4.78, 5) is 27.6. The van der Waals surface area contributed by atoms with Crippen LogP contribution in [-0.4, -0.2) is 24.7 Å². The minimum absolute atomic E-state index is 0.0250. The zero-order valence-electron chi connectivity index (χ0n) is 15.3. The molecule has 0 radical (unpaired) electrons. The molecule has 1 unspecified atom stereocenters.